The highest BCUT2D eigenvalue weighted by atomic mass is 16.1. The third-order valence-corrected chi connectivity index (χ3v) is 3.36. The molecule has 0 aliphatic rings. The van der Waals surface area contributed by atoms with Crippen molar-refractivity contribution in [2.24, 2.45) is 14.1 Å². The molecule has 0 fully saturated rings. The number of aromatic nitrogens is 3. The van der Waals surface area contributed by atoms with E-state index in [1.54, 1.807) is 7.05 Å². The monoisotopic (exact) mass is 264 g/mol. The quantitative estimate of drug-likeness (QED) is 0.673. The molecule has 98 valence electrons. The van der Waals surface area contributed by atoms with E-state index in [2.05, 4.69) is 11.1 Å². The van der Waals surface area contributed by atoms with Crippen LogP contribution in [-0.2, 0) is 14.1 Å². The zero-order chi connectivity index (χ0) is 14.3. The third-order valence-electron chi connectivity index (χ3n) is 3.36. The molecule has 2 heterocycles. The van der Waals surface area contributed by atoms with Crippen molar-refractivity contribution in [3.05, 3.63) is 52.7 Å². The smallest absolute Gasteiger partial charge is 0.347 e. The van der Waals surface area contributed by atoms with Crippen LogP contribution in [0.5, 0.6) is 0 Å². The van der Waals surface area contributed by atoms with Gasteiger partial charge in [0.2, 0.25) is 0 Å². The number of aryl methyl sites for hydroxylation is 2. The van der Waals surface area contributed by atoms with Gasteiger partial charge >= 0.3 is 5.69 Å². The molecule has 0 aliphatic carbocycles. The van der Waals surface area contributed by atoms with E-state index in [1.165, 1.54) is 10.8 Å². The molecule has 0 bridgehead atoms. The van der Waals surface area contributed by atoms with E-state index >= 15 is 0 Å². The molecule has 5 nitrogen and oxygen atoms in total. The molecule has 1 aromatic carbocycles. The molecule has 0 amide bonds. The molecule has 2 aromatic heterocycles. The number of hydrogen-bond acceptors (Lipinski definition) is 3. The van der Waals surface area contributed by atoms with Crippen molar-refractivity contribution >= 4 is 10.9 Å². The van der Waals surface area contributed by atoms with Gasteiger partial charge in [-0.05, 0) is 6.07 Å². The molecule has 0 unspecified atom stereocenters. The molecule has 5 heteroatoms. The number of para-hydroxylation sites is 1. The lowest BCUT2D eigenvalue weighted by Crippen LogP contribution is -2.20. The SMILES string of the molecule is Cn1cc(C#N)c(-c2cn(C)c3ccccc23)nc1=O. The number of rotatable bonds is 1. The van der Waals surface area contributed by atoms with Crippen LogP contribution in [0, 0.1) is 11.3 Å². The van der Waals surface area contributed by atoms with Gasteiger partial charge in [0.25, 0.3) is 0 Å². The minimum Gasteiger partial charge on any atom is -0.350 e. The molecule has 20 heavy (non-hydrogen) atoms. The van der Waals surface area contributed by atoms with Crippen molar-refractivity contribution in [1.82, 2.24) is 14.1 Å². The topological polar surface area (TPSA) is 63.6 Å². The standard InChI is InChI=1S/C15H12N4O/c1-18-9-12(11-5-3-4-6-13(11)18)14-10(7-16)8-19(2)15(20)17-14/h3-6,8-9H,1-2H3. The van der Waals surface area contributed by atoms with Gasteiger partial charge in [0.1, 0.15) is 6.07 Å². The highest BCUT2D eigenvalue weighted by Gasteiger charge is 2.14. The molecule has 0 saturated carbocycles. The molecule has 3 rings (SSSR count). The van der Waals surface area contributed by atoms with Crippen LogP contribution in [0.25, 0.3) is 22.2 Å². The Labute approximate surface area is 115 Å². The average Bonchev–Trinajstić information content (AvgIpc) is 2.79. The van der Waals surface area contributed by atoms with Gasteiger partial charge < -0.3 is 9.13 Å². The maximum atomic E-state index is 11.8. The first kappa shape index (κ1) is 12.2. The Bertz CT molecular complexity index is 912. The van der Waals surface area contributed by atoms with Gasteiger partial charge in [-0.25, -0.2) is 4.79 Å². The second-order valence-corrected chi connectivity index (χ2v) is 4.68. The van der Waals surface area contributed by atoms with Gasteiger partial charge in [-0.2, -0.15) is 10.2 Å². The summed E-state index contributed by atoms with van der Waals surface area (Å²) in [6, 6.07) is 9.94. The first-order valence-electron chi connectivity index (χ1n) is 6.14. The molecule has 0 atom stereocenters. The van der Waals surface area contributed by atoms with Crippen LogP contribution < -0.4 is 5.69 Å². The molecular weight excluding hydrogens is 252 g/mol. The molecule has 0 aliphatic heterocycles. The molecular formula is C15H12N4O. The predicted molar refractivity (Wildman–Crippen MR) is 76.1 cm³/mol. The Balaban J connectivity index is 2.40. The summed E-state index contributed by atoms with van der Waals surface area (Å²) in [5, 5.41) is 10.2. The lowest BCUT2D eigenvalue weighted by molar-refractivity contribution is 0.809. The first-order valence-corrected chi connectivity index (χ1v) is 6.14. The second kappa shape index (κ2) is 4.35. The van der Waals surface area contributed by atoms with Crippen LogP contribution >= 0.6 is 0 Å². The number of fused-ring (bicyclic) bond motifs is 1. The van der Waals surface area contributed by atoms with E-state index < -0.39 is 0 Å². The van der Waals surface area contributed by atoms with Gasteiger partial charge in [0.15, 0.2) is 0 Å². The van der Waals surface area contributed by atoms with E-state index in [0.29, 0.717) is 11.3 Å². The van der Waals surface area contributed by atoms with E-state index in [1.807, 2.05) is 42.1 Å². The summed E-state index contributed by atoms with van der Waals surface area (Å²) in [6.45, 7) is 0. The number of hydrogen-bond donors (Lipinski definition) is 0. The maximum Gasteiger partial charge on any atom is 0.347 e. The summed E-state index contributed by atoms with van der Waals surface area (Å²) >= 11 is 0. The minimum absolute atomic E-state index is 0.369. The lowest BCUT2D eigenvalue weighted by atomic mass is 10.1. The fourth-order valence-corrected chi connectivity index (χ4v) is 2.36. The first-order chi connectivity index (χ1) is 9.61. The molecule has 0 spiro atoms. The zero-order valence-corrected chi connectivity index (χ0v) is 11.2. The Morgan fingerprint density at radius 1 is 1.15 bits per heavy atom. The maximum absolute atomic E-state index is 11.8. The number of benzene rings is 1. The van der Waals surface area contributed by atoms with E-state index in [0.717, 1.165) is 16.5 Å². The Morgan fingerprint density at radius 2 is 1.90 bits per heavy atom. The van der Waals surface area contributed by atoms with Gasteiger partial charge in [0.05, 0.1) is 11.3 Å². The molecule has 0 radical (unpaired) electrons. The Morgan fingerprint density at radius 3 is 2.65 bits per heavy atom. The second-order valence-electron chi connectivity index (χ2n) is 4.68. The molecule has 0 saturated heterocycles. The summed E-state index contributed by atoms with van der Waals surface area (Å²) in [5.41, 5.74) is 2.30. The van der Waals surface area contributed by atoms with Crippen molar-refractivity contribution in [1.29, 1.82) is 5.26 Å². The van der Waals surface area contributed by atoms with Crippen LogP contribution in [0.4, 0.5) is 0 Å². The van der Waals surface area contributed by atoms with Gasteiger partial charge in [-0.15, -0.1) is 0 Å². The van der Waals surface area contributed by atoms with Gasteiger partial charge in [-0.1, -0.05) is 18.2 Å². The van der Waals surface area contributed by atoms with Gasteiger partial charge in [-0.3, -0.25) is 0 Å². The lowest BCUT2D eigenvalue weighted by Gasteiger charge is -2.03. The van der Waals surface area contributed by atoms with Crippen molar-refractivity contribution in [3.8, 4) is 17.3 Å². The Kier molecular flexibility index (Phi) is 2.65. The van der Waals surface area contributed by atoms with Crippen LogP contribution in [0.1, 0.15) is 5.56 Å². The largest absolute Gasteiger partial charge is 0.350 e. The van der Waals surface area contributed by atoms with Crippen LogP contribution in [0.3, 0.4) is 0 Å². The fraction of sp³-hybridized carbons (Fsp3) is 0.133. The van der Waals surface area contributed by atoms with Crippen LogP contribution in [-0.4, -0.2) is 14.1 Å². The highest BCUT2D eigenvalue weighted by molar-refractivity contribution is 5.96. The molecule has 3 aromatic rings. The summed E-state index contributed by atoms with van der Waals surface area (Å²) in [4.78, 5) is 15.8. The van der Waals surface area contributed by atoms with Gasteiger partial charge in [0, 0.05) is 43.0 Å². The van der Waals surface area contributed by atoms with E-state index in [4.69, 9.17) is 0 Å². The summed E-state index contributed by atoms with van der Waals surface area (Å²) < 4.78 is 3.28. The number of nitrogens with zero attached hydrogens (tertiary/aromatic N) is 4. The zero-order valence-electron chi connectivity index (χ0n) is 11.2. The van der Waals surface area contributed by atoms with E-state index in [-0.39, 0.29) is 5.69 Å². The highest BCUT2D eigenvalue weighted by Crippen LogP contribution is 2.29. The predicted octanol–water partition coefficient (Wildman–Crippen LogP) is 1.81. The average molecular weight is 264 g/mol. The number of nitriles is 1. The summed E-state index contributed by atoms with van der Waals surface area (Å²) in [6.07, 6.45) is 3.42. The summed E-state index contributed by atoms with van der Waals surface area (Å²) in [7, 11) is 3.52. The van der Waals surface area contributed by atoms with E-state index in [9.17, 15) is 10.1 Å². The third kappa shape index (κ3) is 1.70. The van der Waals surface area contributed by atoms with Crippen LogP contribution in [0.15, 0.2) is 41.5 Å². The molecule has 0 N–H and O–H groups in total. The van der Waals surface area contributed by atoms with Crippen molar-refractivity contribution in [2.75, 3.05) is 0 Å². The normalized spacial score (nSPS) is 10.7. The minimum atomic E-state index is -0.369. The fourth-order valence-electron chi connectivity index (χ4n) is 2.36. The van der Waals surface area contributed by atoms with Crippen LogP contribution in [0.2, 0.25) is 0 Å². The Hall–Kier alpha value is -2.87. The van der Waals surface area contributed by atoms with Crippen molar-refractivity contribution < 1.29 is 0 Å². The summed E-state index contributed by atoms with van der Waals surface area (Å²) in [5.74, 6) is 0. The van der Waals surface area contributed by atoms with Crippen molar-refractivity contribution in [2.45, 2.75) is 0 Å². The van der Waals surface area contributed by atoms with Crippen molar-refractivity contribution in [3.63, 3.8) is 0 Å².